The van der Waals surface area contributed by atoms with Gasteiger partial charge in [-0.15, -0.1) is 0 Å². The first-order chi connectivity index (χ1) is 7.08. The Kier molecular flexibility index (Phi) is 2.54. The molecule has 0 radical (unpaired) electrons. The van der Waals surface area contributed by atoms with Crippen LogP contribution in [0.25, 0.3) is 0 Å². The summed E-state index contributed by atoms with van der Waals surface area (Å²) in [7, 11) is 0. The van der Waals surface area contributed by atoms with E-state index in [1.54, 1.807) is 19.1 Å². The van der Waals surface area contributed by atoms with E-state index < -0.39 is 6.10 Å². The lowest BCUT2D eigenvalue weighted by Crippen LogP contribution is -2.25. The lowest BCUT2D eigenvalue weighted by atomic mass is 10.1. The van der Waals surface area contributed by atoms with Gasteiger partial charge in [0.25, 0.3) is 5.91 Å². The van der Waals surface area contributed by atoms with Crippen LogP contribution in [0.5, 0.6) is 5.75 Å². The molecule has 15 heavy (non-hydrogen) atoms. The molecule has 1 aliphatic heterocycles. The number of aliphatic hydroxyl groups excluding tert-OH is 1. The van der Waals surface area contributed by atoms with E-state index in [0.29, 0.717) is 22.0 Å². The molecule has 1 amide bonds. The van der Waals surface area contributed by atoms with Crippen molar-refractivity contribution in [2.75, 3.05) is 11.9 Å². The van der Waals surface area contributed by atoms with E-state index in [1.165, 1.54) is 0 Å². The Morgan fingerprint density at radius 1 is 1.60 bits per heavy atom. The van der Waals surface area contributed by atoms with Gasteiger partial charge in [0, 0.05) is 10.6 Å². The van der Waals surface area contributed by atoms with Crippen LogP contribution in [-0.2, 0) is 4.79 Å². The number of carbonyl (C=O) groups excluding carboxylic acids is 1. The first-order valence-electron chi connectivity index (χ1n) is 4.52. The summed E-state index contributed by atoms with van der Waals surface area (Å²) in [5, 5.41) is 12.5. The first kappa shape index (κ1) is 10.3. The molecule has 0 fully saturated rings. The maximum atomic E-state index is 11.0. The Balaban J connectivity index is 2.46. The van der Waals surface area contributed by atoms with Gasteiger partial charge in [-0.3, -0.25) is 4.79 Å². The molecule has 4 nitrogen and oxygen atoms in total. The molecule has 1 atom stereocenters. The van der Waals surface area contributed by atoms with E-state index in [-0.39, 0.29) is 12.5 Å². The number of anilines is 1. The van der Waals surface area contributed by atoms with Crippen LogP contribution in [0.15, 0.2) is 12.1 Å². The number of amides is 1. The van der Waals surface area contributed by atoms with Gasteiger partial charge in [-0.1, -0.05) is 11.6 Å². The van der Waals surface area contributed by atoms with Crippen molar-refractivity contribution in [3.05, 3.63) is 22.7 Å². The Bertz CT molecular complexity index is 417. The van der Waals surface area contributed by atoms with Gasteiger partial charge in [-0.25, -0.2) is 0 Å². The maximum Gasteiger partial charge on any atom is 0.262 e. The highest BCUT2D eigenvalue weighted by Crippen LogP contribution is 2.35. The van der Waals surface area contributed by atoms with Gasteiger partial charge < -0.3 is 15.2 Å². The molecule has 0 bridgehead atoms. The monoisotopic (exact) mass is 227 g/mol. The SMILES string of the molecule is C[C@@H](O)c1cc2c(cc1Cl)NC(=O)CO2. The predicted octanol–water partition coefficient (Wildman–Crippen LogP) is 1.72. The molecule has 2 N–H and O–H groups in total. The van der Waals surface area contributed by atoms with Gasteiger partial charge >= 0.3 is 0 Å². The number of rotatable bonds is 1. The molecule has 0 saturated carbocycles. The van der Waals surface area contributed by atoms with Crippen LogP contribution < -0.4 is 10.1 Å². The number of hydrogen-bond acceptors (Lipinski definition) is 3. The van der Waals surface area contributed by atoms with Gasteiger partial charge in [-0.2, -0.15) is 0 Å². The first-order valence-corrected chi connectivity index (χ1v) is 4.90. The van der Waals surface area contributed by atoms with Crippen molar-refractivity contribution in [2.24, 2.45) is 0 Å². The van der Waals surface area contributed by atoms with Crippen LogP contribution in [0, 0.1) is 0 Å². The molecule has 1 aromatic rings. The Hall–Kier alpha value is -1.26. The van der Waals surface area contributed by atoms with E-state index in [1.807, 2.05) is 0 Å². The van der Waals surface area contributed by atoms with E-state index in [4.69, 9.17) is 16.3 Å². The van der Waals surface area contributed by atoms with Crippen LogP contribution >= 0.6 is 11.6 Å². The second-order valence-corrected chi connectivity index (χ2v) is 3.79. The van der Waals surface area contributed by atoms with Crippen LogP contribution in [0.1, 0.15) is 18.6 Å². The Morgan fingerprint density at radius 2 is 2.33 bits per heavy atom. The molecule has 5 heteroatoms. The molecule has 0 saturated heterocycles. The third-order valence-electron chi connectivity index (χ3n) is 2.18. The molecular formula is C10H10ClNO3. The summed E-state index contributed by atoms with van der Waals surface area (Å²) in [4.78, 5) is 11.0. The zero-order valence-corrected chi connectivity index (χ0v) is 8.84. The topological polar surface area (TPSA) is 58.6 Å². The van der Waals surface area contributed by atoms with E-state index >= 15 is 0 Å². The summed E-state index contributed by atoms with van der Waals surface area (Å²) in [6.07, 6.45) is -0.663. The molecule has 80 valence electrons. The third-order valence-corrected chi connectivity index (χ3v) is 2.51. The number of carbonyl (C=O) groups is 1. The standard InChI is InChI=1S/C10H10ClNO3/c1-5(13)6-2-9-8(3-7(6)11)12-10(14)4-15-9/h2-3,5,13H,4H2,1H3,(H,12,14)/t5-/m1/s1. The second kappa shape index (κ2) is 3.72. The fourth-order valence-electron chi connectivity index (χ4n) is 1.44. The molecule has 1 aromatic carbocycles. The van der Waals surface area contributed by atoms with Crippen LogP contribution in [0.3, 0.4) is 0 Å². The molecule has 0 aliphatic carbocycles. The fraction of sp³-hybridized carbons (Fsp3) is 0.300. The van der Waals surface area contributed by atoms with Crippen LogP contribution in [0.4, 0.5) is 5.69 Å². The summed E-state index contributed by atoms with van der Waals surface area (Å²) in [6.45, 7) is 1.61. The van der Waals surface area contributed by atoms with E-state index in [9.17, 15) is 9.90 Å². The average Bonchev–Trinajstić information content (AvgIpc) is 2.15. The summed E-state index contributed by atoms with van der Waals surface area (Å²) in [6, 6.07) is 3.22. The zero-order valence-electron chi connectivity index (χ0n) is 8.08. The molecule has 0 spiro atoms. The zero-order chi connectivity index (χ0) is 11.0. The highest BCUT2D eigenvalue weighted by molar-refractivity contribution is 6.32. The van der Waals surface area contributed by atoms with E-state index in [0.717, 1.165) is 0 Å². The van der Waals surface area contributed by atoms with Crippen molar-refractivity contribution in [3.63, 3.8) is 0 Å². The molecular weight excluding hydrogens is 218 g/mol. The lowest BCUT2D eigenvalue weighted by Gasteiger charge is -2.20. The van der Waals surface area contributed by atoms with Crippen molar-refractivity contribution < 1.29 is 14.6 Å². The summed E-state index contributed by atoms with van der Waals surface area (Å²) in [5.41, 5.74) is 1.13. The van der Waals surface area contributed by atoms with Gasteiger partial charge in [0.15, 0.2) is 6.61 Å². The fourth-order valence-corrected chi connectivity index (χ4v) is 1.76. The quantitative estimate of drug-likeness (QED) is 0.768. The summed E-state index contributed by atoms with van der Waals surface area (Å²) >= 11 is 5.94. The van der Waals surface area contributed by atoms with Crippen molar-refractivity contribution >= 4 is 23.2 Å². The third kappa shape index (κ3) is 1.91. The average molecular weight is 228 g/mol. The van der Waals surface area contributed by atoms with Crippen molar-refractivity contribution in [1.29, 1.82) is 0 Å². The molecule has 2 rings (SSSR count). The van der Waals surface area contributed by atoms with Crippen molar-refractivity contribution in [2.45, 2.75) is 13.0 Å². The van der Waals surface area contributed by atoms with E-state index in [2.05, 4.69) is 5.32 Å². The highest BCUT2D eigenvalue weighted by Gasteiger charge is 2.19. The molecule has 0 unspecified atom stereocenters. The van der Waals surface area contributed by atoms with Crippen LogP contribution in [0.2, 0.25) is 5.02 Å². The number of ether oxygens (including phenoxy) is 1. The smallest absolute Gasteiger partial charge is 0.262 e. The maximum absolute atomic E-state index is 11.0. The normalized spacial score (nSPS) is 16.3. The minimum absolute atomic E-state index is 0.00607. The molecule has 1 heterocycles. The van der Waals surface area contributed by atoms with Crippen molar-refractivity contribution in [3.8, 4) is 5.75 Å². The van der Waals surface area contributed by atoms with Gasteiger partial charge in [0.05, 0.1) is 11.8 Å². The number of aliphatic hydroxyl groups is 1. The second-order valence-electron chi connectivity index (χ2n) is 3.38. The predicted molar refractivity (Wildman–Crippen MR) is 56.2 cm³/mol. The lowest BCUT2D eigenvalue weighted by molar-refractivity contribution is -0.118. The molecule has 1 aliphatic rings. The summed E-state index contributed by atoms with van der Waals surface area (Å²) < 4.78 is 5.20. The number of nitrogens with one attached hydrogen (secondary N) is 1. The number of benzene rings is 1. The van der Waals surface area contributed by atoms with Gasteiger partial charge in [0.2, 0.25) is 0 Å². The van der Waals surface area contributed by atoms with Gasteiger partial charge in [-0.05, 0) is 19.1 Å². The van der Waals surface area contributed by atoms with Crippen molar-refractivity contribution in [1.82, 2.24) is 0 Å². The minimum atomic E-state index is -0.663. The largest absolute Gasteiger partial charge is 0.482 e. The minimum Gasteiger partial charge on any atom is -0.482 e. The number of hydrogen-bond donors (Lipinski definition) is 2. The highest BCUT2D eigenvalue weighted by atomic mass is 35.5. The Morgan fingerprint density at radius 3 is 3.00 bits per heavy atom. The number of fused-ring (bicyclic) bond motifs is 1. The summed E-state index contributed by atoms with van der Waals surface area (Å²) in [5.74, 6) is 0.332. The van der Waals surface area contributed by atoms with Gasteiger partial charge in [0.1, 0.15) is 5.75 Å². The van der Waals surface area contributed by atoms with Crippen LogP contribution in [-0.4, -0.2) is 17.6 Å². The molecule has 0 aromatic heterocycles. The Labute approximate surface area is 91.8 Å². The number of halogens is 1.